The molecule has 4 rings (SSSR count). The van der Waals surface area contributed by atoms with Crippen LogP contribution in [0.5, 0.6) is 17.2 Å². The first-order valence-electron chi connectivity index (χ1n) is 10.1. The Labute approximate surface area is 188 Å². The number of allylic oxidation sites excluding steroid dienone is 1. The third-order valence-electron chi connectivity index (χ3n) is 6.35. The molecule has 2 atom stereocenters. The van der Waals surface area contributed by atoms with Crippen LogP contribution in [0.2, 0.25) is 0 Å². The maximum Gasteiger partial charge on any atom is 0.182 e. The second kappa shape index (κ2) is 7.70. The van der Waals surface area contributed by atoms with Gasteiger partial charge in [0.25, 0.3) is 0 Å². The summed E-state index contributed by atoms with van der Waals surface area (Å²) in [6.07, 6.45) is 0.498. The minimum absolute atomic E-state index is 0.0368. The van der Waals surface area contributed by atoms with E-state index in [9.17, 15) is 29.7 Å². The number of aldehydes is 2. The Kier molecular flexibility index (Phi) is 5.29. The van der Waals surface area contributed by atoms with Crippen LogP contribution >= 0.6 is 11.8 Å². The van der Waals surface area contributed by atoms with Crippen LogP contribution in [0, 0.1) is 6.92 Å². The Morgan fingerprint density at radius 1 is 1.06 bits per heavy atom. The zero-order valence-electron chi connectivity index (χ0n) is 17.5. The average molecular weight is 455 g/mol. The van der Waals surface area contributed by atoms with Crippen LogP contribution in [0.1, 0.15) is 36.5 Å². The predicted octanol–water partition coefficient (Wildman–Crippen LogP) is 3.66. The van der Waals surface area contributed by atoms with Crippen molar-refractivity contribution in [2.24, 2.45) is 0 Å². The number of thioether (sulfide) groups is 1. The SMILES string of the molecule is Cc1c(O)c(CC=O)c2c(c1O)C1(C)C(O)=C(CC=O)C(=O)CC1(Sc1ccccc1)O2. The molecule has 2 aromatic rings. The van der Waals surface area contributed by atoms with Crippen LogP contribution in [-0.2, 0) is 26.2 Å². The number of hydrogen-bond donors (Lipinski definition) is 3. The second-order valence-electron chi connectivity index (χ2n) is 8.07. The van der Waals surface area contributed by atoms with Gasteiger partial charge in [-0.05, 0) is 26.0 Å². The number of carbonyl (C=O) groups is 3. The van der Waals surface area contributed by atoms with Crippen molar-refractivity contribution < 1.29 is 34.4 Å². The van der Waals surface area contributed by atoms with Crippen molar-refractivity contribution in [2.45, 2.75) is 48.4 Å². The van der Waals surface area contributed by atoms with E-state index in [4.69, 9.17) is 4.74 Å². The highest BCUT2D eigenvalue weighted by Gasteiger charge is 2.66. The zero-order valence-corrected chi connectivity index (χ0v) is 18.4. The molecule has 8 heteroatoms. The van der Waals surface area contributed by atoms with Crippen molar-refractivity contribution in [1.29, 1.82) is 0 Å². The number of rotatable bonds is 6. The second-order valence-corrected chi connectivity index (χ2v) is 9.40. The van der Waals surface area contributed by atoms with Gasteiger partial charge in [0.1, 0.15) is 41.0 Å². The maximum atomic E-state index is 13.0. The molecule has 3 N–H and O–H groups in total. The van der Waals surface area contributed by atoms with Crippen LogP contribution in [0.15, 0.2) is 46.6 Å². The summed E-state index contributed by atoms with van der Waals surface area (Å²) in [4.78, 5) is 34.9. The number of aliphatic hydroxyl groups excluding tert-OH is 1. The summed E-state index contributed by atoms with van der Waals surface area (Å²) in [5.74, 6) is -1.31. The number of ether oxygens (including phenoxy) is 1. The summed E-state index contributed by atoms with van der Waals surface area (Å²) in [7, 11) is 0. The van der Waals surface area contributed by atoms with Crippen LogP contribution in [0.3, 0.4) is 0 Å². The van der Waals surface area contributed by atoms with E-state index in [0.717, 1.165) is 4.90 Å². The number of aliphatic hydroxyl groups is 1. The number of carbonyl (C=O) groups excluding carboxylic acids is 3. The molecule has 32 heavy (non-hydrogen) atoms. The fourth-order valence-electron chi connectivity index (χ4n) is 4.59. The summed E-state index contributed by atoms with van der Waals surface area (Å²) in [5.41, 5.74) is -0.986. The molecule has 0 radical (unpaired) electrons. The summed E-state index contributed by atoms with van der Waals surface area (Å²) >= 11 is 1.21. The minimum atomic E-state index is -1.44. The quantitative estimate of drug-likeness (QED) is 0.566. The Bertz CT molecular complexity index is 1170. The van der Waals surface area contributed by atoms with Gasteiger partial charge in [0.15, 0.2) is 10.7 Å². The highest BCUT2D eigenvalue weighted by molar-refractivity contribution is 8.00. The molecule has 0 bridgehead atoms. The largest absolute Gasteiger partial charge is 0.511 e. The van der Waals surface area contributed by atoms with E-state index < -0.39 is 16.1 Å². The predicted molar refractivity (Wildman–Crippen MR) is 117 cm³/mol. The van der Waals surface area contributed by atoms with Gasteiger partial charge in [-0.1, -0.05) is 30.0 Å². The van der Waals surface area contributed by atoms with Gasteiger partial charge in [0, 0.05) is 34.4 Å². The smallest absolute Gasteiger partial charge is 0.182 e. The fourth-order valence-corrected chi connectivity index (χ4v) is 6.00. The first-order valence-corrected chi connectivity index (χ1v) is 10.9. The van der Waals surface area contributed by atoms with Crippen molar-refractivity contribution >= 4 is 30.1 Å². The Hall–Kier alpha value is -3.26. The van der Waals surface area contributed by atoms with Gasteiger partial charge in [0.05, 0.1) is 12.0 Å². The van der Waals surface area contributed by atoms with E-state index in [-0.39, 0.29) is 64.5 Å². The molecule has 0 saturated carbocycles. The van der Waals surface area contributed by atoms with E-state index in [1.54, 1.807) is 6.92 Å². The maximum absolute atomic E-state index is 13.0. The molecule has 0 spiro atoms. The number of aromatic hydroxyl groups is 2. The third-order valence-corrected chi connectivity index (χ3v) is 7.83. The number of hydrogen-bond acceptors (Lipinski definition) is 8. The minimum Gasteiger partial charge on any atom is -0.511 e. The molecule has 2 aliphatic rings. The normalized spacial score (nSPS) is 24.0. The number of phenolic OH excluding ortho intramolecular Hbond substituents is 2. The van der Waals surface area contributed by atoms with Crippen molar-refractivity contribution in [2.75, 3.05) is 0 Å². The van der Waals surface area contributed by atoms with Crippen LogP contribution in [0.4, 0.5) is 0 Å². The van der Waals surface area contributed by atoms with E-state index in [1.165, 1.54) is 18.7 Å². The lowest BCUT2D eigenvalue weighted by Crippen LogP contribution is -2.53. The number of benzene rings is 2. The molecule has 166 valence electrons. The highest BCUT2D eigenvalue weighted by atomic mass is 32.2. The molecule has 1 heterocycles. The van der Waals surface area contributed by atoms with Gasteiger partial charge in [-0.25, -0.2) is 0 Å². The van der Waals surface area contributed by atoms with E-state index in [1.807, 2.05) is 30.3 Å². The van der Waals surface area contributed by atoms with Crippen molar-refractivity contribution in [3.05, 3.63) is 58.4 Å². The fraction of sp³-hybridized carbons (Fsp3) is 0.292. The monoisotopic (exact) mass is 454 g/mol. The van der Waals surface area contributed by atoms with Crippen LogP contribution < -0.4 is 4.74 Å². The number of phenols is 2. The summed E-state index contributed by atoms with van der Waals surface area (Å²) in [6, 6.07) is 9.14. The van der Waals surface area contributed by atoms with Gasteiger partial charge in [-0.15, -0.1) is 0 Å². The number of fused-ring (bicyclic) bond motifs is 3. The van der Waals surface area contributed by atoms with Crippen molar-refractivity contribution in [1.82, 2.24) is 0 Å². The van der Waals surface area contributed by atoms with Gasteiger partial charge >= 0.3 is 0 Å². The Morgan fingerprint density at radius 3 is 2.34 bits per heavy atom. The van der Waals surface area contributed by atoms with Crippen molar-refractivity contribution in [3.8, 4) is 17.2 Å². The van der Waals surface area contributed by atoms with Gasteiger partial charge in [-0.2, -0.15) is 0 Å². The molecule has 2 aromatic carbocycles. The lowest BCUT2D eigenvalue weighted by Gasteiger charge is -2.44. The lowest BCUT2D eigenvalue weighted by molar-refractivity contribution is -0.121. The third kappa shape index (κ3) is 2.86. The molecule has 0 fully saturated rings. The highest BCUT2D eigenvalue weighted by Crippen LogP contribution is 2.66. The molecular weight excluding hydrogens is 432 g/mol. The molecule has 0 saturated heterocycles. The van der Waals surface area contributed by atoms with Crippen LogP contribution in [-0.4, -0.2) is 38.6 Å². The summed E-state index contributed by atoms with van der Waals surface area (Å²) < 4.78 is 6.35. The lowest BCUT2D eigenvalue weighted by atomic mass is 9.68. The van der Waals surface area contributed by atoms with E-state index >= 15 is 0 Å². The Morgan fingerprint density at radius 2 is 1.72 bits per heavy atom. The van der Waals surface area contributed by atoms with Gasteiger partial charge in [-0.3, -0.25) is 4.79 Å². The molecular formula is C24H22O7S. The molecule has 1 aliphatic heterocycles. The molecule has 0 aromatic heterocycles. The zero-order chi connectivity index (χ0) is 23.3. The molecule has 2 unspecified atom stereocenters. The van der Waals surface area contributed by atoms with Gasteiger partial charge in [0.2, 0.25) is 0 Å². The van der Waals surface area contributed by atoms with Crippen LogP contribution in [0.25, 0.3) is 0 Å². The number of ketones is 1. The van der Waals surface area contributed by atoms with E-state index in [0.29, 0.717) is 12.6 Å². The molecule has 1 aliphatic carbocycles. The standard InChI is InChI=1S/C24H22O7S/c1-13-19(28)16(9-11-26)21-18(20(13)29)23(2)22(30)15(8-10-25)17(27)12-24(23,31-21)32-14-6-4-3-5-7-14/h3-7,10-11,28-30H,8-9,12H2,1-2H3. The Balaban J connectivity index is 2.07. The van der Waals surface area contributed by atoms with Crippen molar-refractivity contribution in [3.63, 3.8) is 0 Å². The summed E-state index contributed by atoms with van der Waals surface area (Å²) in [6.45, 7) is 3.14. The first-order chi connectivity index (χ1) is 15.2. The first kappa shape index (κ1) is 22.0. The average Bonchev–Trinajstić information content (AvgIpc) is 3.03. The van der Waals surface area contributed by atoms with E-state index in [2.05, 4.69) is 0 Å². The molecule has 7 nitrogen and oxygen atoms in total. The van der Waals surface area contributed by atoms with Gasteiger partial charge < -0.3 is 29.6 Å². The summed E-state index contributed by atoms with van der Waals surface area (Å²) in [5, 5.41) is 33.0. The number of Topliss-reactive ketones (excluding diaryl/α,β-unsaturated/α-hetero) is 1. The molecule has 0 amide bonds. The topological polar surface area (TPSA) is 121 Å².